The van der Waals surface area contributed by atoms with Gasteiger partial charge in [0.1, 0.15) is 0 Å². The van der Waals surface area contributed by atoms with E-state index in [4.69, 9.17) is 0 Å². The normalized spacial score (nSPS) is 17.9. The molecule has 1 aliphatic heterocycles. The van der Waals surface area contributed by atoms with Gasteiger partial charge in [-0.25, -0.2) is 0 Å². The molecule has 1 aliphatic rings. The molecule has 1 saturated heterocycles. The number of para-hydroxylation sites is 1. The number of hydrogen-bond donors (Lipinski definition) is 2. The molecule has 4 nitrogen and oxygen atoms in total. The van der Waals surface area contributed by atoms with E-state index in [0.29, 0.717) is 12.3 Å². The summed E-state index contributed by atoms with van der Waals surface area (Å²) in [7, 11) is 2.08. The van der Waals surface area contributed by atoms with Gasteiger partial charge in [-0.05, 0) is 44.0 Å². The van der Waals surface area contributed by atoms with Crippen LogP contribution in [0.4, 0.5) is 5.69 Å². The summed E-state index contributed by atoms with van der Waals surface area (Å²) in [6.45, 7) is 3.76. The predicted molar refractivity (Wildman–Crippen MR) is 82.9 cm³/mol. The molecule has 2 rings (SSSR count). The van der Waals surface area contributed by atoms with E-state index in [1.165, 1.54) is 5.69 Å². The van der Waals surface area contributed by atoms with Crippen molar-refractivity contribution in [1.29, 1.82) is 0 Å². The molecule has 2 N–H and O–H groups in total. The molecule has 110 valence electrons. The second-order valence-corrected chi connectivity index (χ2v) is 5.52. The first-order valence-corrected chi connectivity index (χ1v) is 7.49. The third-order valence-corrected chi connectivity index (χ3v) is 3.83. The van der Waals surface area contributed by atoms with Gasteiger partial charge >= 0.3 is 0 Å². The van der Waals surface area contributed by atoms with Gasteiger partial charge in [-0.1, -0.05) is 18.2 Å². The number of carbonyl (C=O) groups is 1. The smallest absolute Gasteiger partial charge is 0.220 e. The van der Waals surface area contributed by atoms with Crippen LogP contribution in [0.3, 0.4) is 0 Å². The van der Waals surface area contributed by atoms with E-state index in [2.05, 4.69) is 34.7 Å². The maximum atomic E-state index is 11.8. The molecule has 1 atom stereocenters. The first-order chi connectivity index (χ1) is 9.75. The van der Waals surface area contributed by atoms with Gasteiger partial charge < -0.3 is 15.5 Å². The topological polar surface area (TPSA) is 44.4 Å². The zero-order valence-electron chi connectivity index (χ0n) is 12.3. The second-order valence-electron chi connectivity index (χ2n) is 5.52. The number of hydrogen-bond acceptors (Lipinski definition) is 3. The van der Waals surface area contributed by atoms with Gasteiger partial charge in [-0.15, -0.1) is 0 Å². The highest BCUT2D eigenvalue weighted by Gasteiger charge is 2.17. The van der Waals surface area contributed by atoms with Crippen LogP contribution in [0.15, 0.2) is 30.3 Å². The fourth-order valence-corrected chi connectivity index (χ4v) is 2.58. The first-order valence-electron chi connectivity index (χ1n) is 7.49. The van der Waals surface area contributed by atoms with Crippen LogP contribution in [0.5, 0.6) is 0 Å². The van der Waals surface area contributed by atoms with Gasteiger partial charge in [-0.3, -0.25) is 4.79 Å². The summed E-state index contributed by atoms with van der Waals surface area (Å²) in [5.41, 5.74) is 1.22. The maximum Gasteiger partial charge on any atom is 0.220 e. The monoisotopic (exact) mass is 275 g/mol. The molecule has 1 fully saturated rings. The minimum Gasteiger partial charge on any atom is -0.375 e. The lowest BCUT2D eigenvalue weighted by Gasteiger charge is -2.19. The molecule has 1 unspecified atom stereocenters. The molecule has 0 spiro atoms. The lowest BCUT2D eigenvalue weighted by molar-refractivity contribution is -0.121. The van der Waals surface area contributed by atoms with Crippen molar-refractivity contribution in [2.24, 2.45) is 5.92 Å². The summed E-state index contributed by atoms with van der Waals surface area (Å²) >= 11 is 0. The Balaban J connectivity index is 1.58. The van der Waals surface area contributed by atoms with Crippen molar-refractivity contribution < 1.29 is 4.79 Å². The highest BCUT2D eigenvalue weighted by Crippen LogP contribution is 2.12. The van der Waals surface area contributed by atoms with E-state index in [1.54, 1.807) is 0 Å². The Kier molecular flexibility index (Phi) is 5.87. The molecule has 20 heavy (non-hydrogen) atoms. The number of benzene rings is 1. The highest BCUT2D eigenvalue weighted by atomic mass is 16.1. The fraction of sp³-hybridized carbons (Fsp3) is 0.562. The molecule has 0 aliphatic carbocycles. The SMILES string of the molecule is CN(CCCNC(=O)CC1CCNC1)c1ccccc1. The van der Waals surface area contributed by atoms with Crippen molar-refractivity contribution in [3.63, 3.8) is 0 Å². The van der Waals surface area contributed by atoms with Crippen molar-refractivity contribution in [3.05, 3.63) is 30.3 Å². The molecular formula is C16H25N3O. The van der Waals surface area contributed by atoms with Crippen molar-refractivity contribution >= 4 is 11.6 Å². The van der Waals surface area contributed by atoms with Gasteiger partial charge in [0, 0.05) is 32.2 Å². The molecule has 1 amide bonds. The van der Waals surface area contributed by atoms with E-state index < -0.39 is 0 Å². The van der Waals surface area contributed by atoms with Crippen molar-refractivity contribution in [1.82, 2.24) is 10.6 Å². The first kappa shape index (κ1) is 14.9. The van der Waals surface area contributed by atoms with Gasteiger partial charge in [0.2, 0.25) is 5.91 Å². The van der Waals surface area contributed by atoms with Crippen LogP contribution in [-0.4, -0.2) is 39.1 Å². The highest BCUT2D eigenvalue weighted by molar-refractivity contribution is 5.76. The Labute approximate surface area is 121 Å². The van der Waals surface area contributed by atoms with E-state index in [-0.39, 0.29) is 5.91 Å². The van der Waals surface area contributed by atoms with Crippen molar-refractivity contribution in [2.75, 3.05) is 38.1 Å². The van der Waals surface area contributed by atoms with Gasteiger partial charge in [0.05, 0.1) is 0 Å². The van der Waals surface area contributed by atoms with Crippen LogP contribution in [-0.2, 0) is 4.79 Å². The maximum absolute atomic E-state index is 11.8. The van der Waals surface area contributed by atoms with E-state index in [9.17, 15) is 4.79 Å². The number of amides is 1. The summed E-state index contributed by atoms with van der Waals surface area (Å²) in [4.78, 5) is 14.0. The van der Waals surface area contributed by atoms with Crippen LogP contribution in [0.1, 0.15) is 19.3 Å². The molecule has 0 aromatic heterocycles. The van der Waals surface area contributed by atoms with Gasteiger partial charge in [0.25, 0.3) is 0 Å². The summed E-state index contributed by atoms with van der Waals surface area (Å²) in [6, 6.07) is 10.3. The second kappa shape index (κ2) is 7.90. The standard InChI is InChI=1S/C16H25N3O/c1-19(15-6-3-2-4-7-15)11-5-9-18-16(20)12-14-8-10-17-13-14/h2-4,6-7,14,17H,5,8-13H2,1H3,(H,18,20). The summed E-state index contributed by atoms with van der Waals surface area (Å²) in [5.74, 6) is 0.725. The zero-order chi connectivity index (χ0) is 14.2. The molecule has 1 heterocycles. The molecular weight excluding hydrogens is 250 g/mol. The van der Waals surface area contributed by atoms with Gasteiger partial charge in [-0.2, -0.15) is 0 Å². The van der Waals surface area contributed by atoms with Crippen LogP contribution >= 0.6 is 0 Å². The Bertz CT molecular complexity index is 401. The largest absolute Gasteiger partial charge is 0.375 e. The number of rotatable bonds is 7. The van der Waals surface area contributed by atoms with E-state index >= 15 is 0 Å². The average molecular weight is 275 g/mol. The number of nitrogens with zero attached hydrogens (tertiary/aromatic N) is 1. The third kappa shape index (κ3) is 4.85. The van der Waals surface area contributed by atoms with E-state index in [0.717, 1.165) is 39.0 Å². The summed E-state index contributed by atoms with van der Waals surface area (Å²) in [5, 5.41) is 6.31. The van der Waals surface area contributed by atoms with Crippen molar-refractivity contribution in [2.45, 2.75) is 19.3 Å². The van der Waals surface area contributed by atoms with E-state index in [1.807, 2.05) is 18.2 Å². The van der Waals surface area contributed by atoms with Crippen LogP contribution in [0.2, 0.25) is 0 Å². The van der Waals surface area contributed by atoms with Gasteiger partial charge in [0.15, 0.2) is 0 Å². The zero-order valence-corrected chi connectivity index (χ0v) is 12.3. The molecule has 1 aromatic carbocycles. The summed E-state index contributed by atoms with van der Waals surface area (Å²) in [6.07, 6.45) is 2.77. The minimum atomic E-state index is 0.195. The lowest BCUT2D eigenvalue weighted by atomic mass is 10.0. The van der Waals surface area contributed by atoms with Crippen molar-refractivity contribution in [3.8, 4) is 0 Å². The molecule has 0 radical (unpaired) electrons. The number of anilines is 1. The Morgan fingerprint density at radius 2 is 2.20 bits per heavy atom. The average Bonchev–Trinajstić information content (AvgIpc) is 2.97. The molecule has 0 bridgehead atoms. The fourth-order valence-electron chi connectivity index (χ4n) is 2.58. The summed E-state index contributed by atoms with van der Waals surface area (Å²) < 4.78 is 0. The van der Waals surface area contributed by atoms with Crippen LogP contribution in [0, 0.1) is 5.92 Å². The lowest BCUT2D eigenvalue weighted by Crippen LogP contribution is -2.29. The minimum absolute atomic E-state index is 0.195. The number of carbonyl (C=O) groups excluding carboxylic acids is 1. The predicted octanol–water partition coefficient (Wildman–Crippen LogP) is 1.63. The Morgan fingerprint density at radius 1 is 1.40 bits per heavy atom. The number of nitrogens with one attached hydrogen (secondary N) is 2. The Morgan fingerprint density at radius 3 is 2.90 bits per heavy atom. The van der Waals surface area contributed by atoms with Crippen LogP contribution in [0.25, 0.3) is 0 Å². The third-order valence-electron chi connectivity index (χ3n) is 3.83. The Hall–Kier alpha value is -1.55. The molecule has 4 heteroatoms. The molecule has 0 saturated carbocycles. The molecule has 1 aromatic rings. The van der Waals surface area contributed by atoms with Crippen LogP contribution < -0.4 is 15.5 Å². The quantitative estimate of drug-likeness (QED) is 0.743.